The Kier molecular flexibility index (Phi) is 8.26. The maximum atomic E-state index is 13.3. The Hall–Kier alpha value is -2.86. The smallest absolute Gasteiger partial charge is 0.327 e. The van der Waals surface area contributed by atoms with Crippen molar-refractivity contribution in [1.82, 2.24) is 28.9 Å². The van der Waals surface area contributed by atoms with E-state index in [1.54, 1.807) is 19.2 Å². The minimum Gasteiger partial charge on any atom is -0.491 e. The number of sulfonamides is 2. The number of aromatic amines is 1. The van der Waals surface area contributed by atoms with Crippen molar-refractivity contribution in [2.24, 2.45) is 7.05 Å². The molecule has 4 N–H and O–H groups in total. The third-order valence-corrected chi connectivity index (χ3v) is 11.0. The number of aliphatic hydroxyl groups is 1. The van der Waals surface area contributed by atoms with Crippen molar-refractivity contribution in [3.05, 3.63) is 47.0 Å². The van der Waals surface area contributed by atoms with Crippen molar-refractivity contribution in [3.8, 4) is 5.75 Å². The number of benzene rings is 1. The van der Waals surface area contributed by atoms with Crippen LogP contribution in [0.25, 0.3) is 11.2 Å². The van der Waals surface area contributed by atoms with Gasteiger partial charge in [-0.25, -0.2) is 31.3 Å². The molecule has 0 saturated carbocycles. The van der Waals surface area contributed by atoms with Crippen LogP contribution in [0.5, 0.6) is 5.75 Å². The predicted molar refractivity (Wildman–Crippen MR) is 149 cm³/mol. The molecule has 14 nitrogen and oxygen atoms in total. The summed E-state index contributed by atoms with van der Waals surface area (Å²) in [5.41, 5.74) is -0.0636. The fraction of sp³-hybridized carbons (Fsp3) is 0.520. The van der Waals surface area contributed by atoms with Gasteiger partial charge in [0.15, 0.2) is 5.65 Å². The number of nitrogens with zero attached hydrogens (tertiary/aromatic N) is 3. The molecule has 41 heavy (non-hydrogen) atoms. The highest BCUT2D eigenvalue weighted by Gasteiger charge is 2.44. The first-order valence-electron chi connectivity index (χ1n) is 13.2. The van der Waals surface area contributed by atoms with Crippen LogP contribution in [0.2, 0.25) is 0 Å². The van der Waals surface area contributed by atoms with Crippen molar-refractivity contribution in [3.63, 3.8) is 0 Å². The minimum absolute atomic E-state index is 0.0154. The second-order valence-electron chi connectivity index (χ2n) is 10.4. The zero-order chi connectivity index (χ0) is 29.4. The van der Waals surface area contributed by atoms with Crippen LogP contribution in [-0.2, 0) is 31.8 Å². The van der Waals surface area contributed by atoms with Crippen molar-refractivity contribution < 1.29 is 31.4 Å². The SMILES string of the molecule is CNS(=O)(=O)c1cccc(OC[C@@H](O)CNC2COC3(CCN(S(=O)(=O)c4cnc5[nH]c(=O)n(C)c5c4)CC3)C2)c1. The van der Waals surface area contributed by atoms with Gasteiger partial charge in [0, 0.05) is 45.0 Å². The van der Waals surface area contributed by atoms with Gasteiger partial charge in [0.1, 0.15) is 23.4 Å². The summed E-state index contributed by atoms with van der Waals surface area (Å²) in [6, 6.07) is 7.48. The Morgan fingerprint density at radius 3 is 2.71 bits per heavy atom. The van der Waals surface area contributed by atoms with Crippen molar-refractivity contribution >= 4 is 31.2 Å². The number of piperidine rings is 1. The van der Waals surface area contributed by atoms with Crippen LogP contribution in [0.1, 0.15) is 19.3 Å². The molecule has 0 amide bonds. The van der Waals surface area contributed by atoms with E-state index < -0.39 is 31.8 Å². The van der Waals surface area contributed by atoms with Gasteiger partial charge in [-0.3, -0.25) is 9.55 Å². The van der Waals surface area contributed by atoms with E-state index in [-0.39, 0.29) is 47.8 Å². The molecule has 1 unspecified atom stereocenters. The Bertz CT molecular complexity index is 1680. The van der Waals surface area contributed by atoms with Gasteiger partial charge in [-0.2, -0.15) is 4.31 Å². The predicted octanol–water partition coefficient (Wildman–Crippen LogP) is -0.489. The van der Waals surface area contributed by atoms with Gasteiger partial charge in [0.05, 0.1) is 22.6 Å². The lowest BCUT2D eigenvalue weighted by molar-refractivity contribution is -0.0312. The van der Waals surface area contributed by atoms with E-state index in [1.165, 1.54) is 40.3 Å². The molecule has 0 aliphatic carbocycles. The average Bonchev–Trinajstić information content (AvgIpc) is 3.50. The lowest BCUT2D eigenvalue weighted by Crippen LogP contribution is -2.47. The quantitative estimate of drug-likeness (QED) is 0.234. The Morgan fingerprint density at radius 1 is 1.22 bits per heavy atom. The molecule has 2 atom stereocenters. The van der Waals surface area contributed by atoms with Gasteiger partial charge in [0.2, 0.25) is 20.0 Å². The molecule has 0 bridgehead atoms. The number of ether oxygens (including phenoxy) is 2. The molecule has 1 spiro atoms. The van der Waals surface area contributed by atoms with Crippen molar-refractivity contribution in [2.45, 2.75) is 46.8 Å². The third kappa shape index (κ3) is 6.18. The summed E-state index contributed by atoms with van der Waals surface area (Å²) in [7, 11) is -4.52. The second-order valence-corrected chi connectivity index (χ2v) is 14.2. The van der Waals surface area contributed by atoms with E-state index in [9.17, 15) is 26.7 Å². The Balaban J connectivity index is 1.10. The standard InChI is InChI=1S/C25H34N6O8S2/c1-26-40(34,35)20-5-3-4-19(10-20)38-16-18(32)13-27-17-12-25(39-15-17)6-8-31(9-7-25)41(36,37)21-11-22-23(28-14-21)29-24(33)30(22)2/h3-5,10-11,14,17-18,26-27,32H,6-9,12-13,15-16H2,1-2H3,(H,28,29,33)/t17?,18-/m0/s1. The zero-order valence-electron chi connectivity index (χ0n) is 22.7. The number of aliphatic hydroxyl groups excluding tert-OH is 1. The van der Waals surface area contributed by atoms with E-state index in [0.29, 0.717) is 42.8 Å². The molecule has 3 aromatic rings. The zero-order valence-corrected chi connectivity index (χ0v) is 24.4. The molecule has 0 radical (unpaired) electrons. The topological polar surface area (TPSA) is 185 Å². The molecule has 4 heterocycles. The third-order valence-electron chi connectivity index (χ3n) is 7.68. The minimum atomic E-state index is -3.80. The lowest BCUT2D eigenvalue weighted by atomic mass is 9.88. The van der Waals surface area contributed by atoms with Gasteiger partial charge >= 0.3 is 5.69 Å². The number of rotatable bonds is 10. The number of nitrogens with one attached hydrogen (secondary N) is 3. The van der Waals surface area contributed by atoms with E-state index >= 15 is 0 Å². The number of hydrogen-bond donors (Lipinski definition) is 4. The van der Waals surface area contributed by atoms with E-state index in [2.05, 4.69) is 20.0 Å². The summed E-state index contributed by atoms with van der Waals surface area (Å²) < 4.78 is 67.3. The fourth-order valence-electron chi connectivity index (χ4n) is 5.23. The largest absolute Gasteiger partial charge is 0.491 e. The van der Waals surface area contributed by atoms with Crippen LogP contribution in [0.3, 0.4) is 0 Å². The number of imidazole rings is 1. The molecular weight excluding hydrogens is 576 g/mol. The molecular formula is C25H34N6O8S2. The van der Waals surface area contributed by atoms with Crippen LogP contribution in [0.15, 0.2) is 51.1 Å². The monoisotopic (exact) mass is 610 g/mol. The summed E-state index contributed by atoms with van der Waals surface area (Å²) in [6.07, 6.45) is 2.16. The van der Waals surface area contributed by atoms with E-state index in [0.717, 1.165) is 0 Å². The first kappa shape index (κ1) is 29.6. The molecule has 2 fully saturated rings. The molecule has 2 aromatic heterocycles. The Morgan fingerprint density at radius 2 is 1.98 bits per heavy atom. The van der Waals surface area contributed by atoms with E-state index in [1.807, 2.05) is 0 Å². The first-order valence-corrected chi connectivity index (χ1v) is 16.1. The van der Waals surface area contributed by atoms with Crippen molar-refractivity contribution in [2.75, 3.05) is 39.9 Å². The van der Waals surface area contributed by atoms with Crippen LogP contribution in [0.4, 0.5) is 0 Å². The maximum absolute atomic E-state index is 13.3. The highest BCUT2D eigenvalue weighted by molar-refractivity contribution is 7.89. The molecule has 16 heteroatoms. The van der Waals surface area contributed by atoms with E-state index in [4.69, 9.17) is 9.47 Å². The van der Waals surface area contributed by atoms with Crippen LogP contribution in [-0.4, -0.2) is 98.4 Å². The number of pyridine rings is 1. The number of fused-ring (bicyclic) bond motifs is 1. The van der Waals surface area contributed by atoms with Crippen molar-refractivity contribution in [1.29, 1.82) is 0 Å². The summed E-state index contributed by atoms with van der Waals surface area (Å²) in [5.74, 6) is 0.332. The molecule has 5 rings (SSSR count). The summed E-state index contributed by atoms with van der Waals surface area (Å²) in [5, 5.41) is 13.7. The van der Waals surface area contributed by atoms with Gasteiger partial charge < -0.3 is 19.9 Å². The molecule has 2 saturated heterocycles. The Labute approximate surface area is 237 Å². The summed E-state index contributed by atoms with van der Waals surface area (Å²) >= 11 is 0. The number of H-pyrrole nitrogens is 1. The van der Waals surface area contributed by atoms with Gasteiger partial charge in [-0.15, -0.1) is 0 Å². The van der Waals surface area contributed by atoms with Crippen LogP contribution >= 0.6 is 0 Å². The number of aromatic nitrogens is 3. The molecule has 2 aliphatic rings. The first-order chi connectivity index (χ1) is 19.4. The normalized spacial score (nSPS) is 20.5. The lowest BCUT2D eigenvalue weighted by Gasteiger charge is -2.38. The molecule has 1 aromatic carbocycles. The van der Waals surface area contributed by atoms with Crippen LogP contribution < -0.4 is 20.5 Å². The highest BCUT2D eigenvalue weighted by atomic mass is 32.2. The highest BCUT2D eigenvalue weighted by Crippen LogP contribution is 2.37. The second kappa shape index (κ2) is 11.4. The summed E-state index contributed by atoms with van der Waals surface area (Å²) in [6.45, 7) is 1.23. The van der Waals surface area contributed by atoms with Gasteiger partial charge in [0.25, 0.3) is 0 Å². The number of aryl methyl sites for hydroxylation is 1. The van der Waals surface area contributed by atoms with Gasteiger partial charge in [-0.1, -0.05) is 6.07 Å². The van der Waals surface area contributed by atoms with Crippen LogP contribution in [0, 0.1) is 0 Å². The average molecular weight is 611 g/mol. The molecule has 224 valence electrons. The van der Waals surface area contributed by atoms with Gasteiger partial charge in [-0.05, 0) is 44.5 Å². The maximum Gasteiger partial charge on any atom is 0.327 e. The summed E-state index contributed by atoms with van der Waals surface area (Å²) in [4.78, 5) is 18.7. The fourth-order valence-corrected chi connectivity index (χ4v) is 7.40. The molecule has 2 aliphatic heterocycles. The number of hydrogen-bond acceptors (Lipinski definition) is 10.